The molecule has 0 rings (SSSR count). The van der Waals surface area contributed by atoms with Crippen LogP contribution < -0.4 is 0 Å². The van der Waals surface area contributed by atoms with Crippen LogP contribution in [0.4, 0.5) is 0 Å². The lowest BCUT2D eigenvalue weighted by Crippen LogP contribution is -1.90. The zero-order valence-corrected chi connectivity index (χ0v) is 3.85. The fraction of sp³-hybridized carbons (Fsp3) is 0.600. The molecule has 0 amide bonds. The molecule has 0 aliphatic rings. The highest BCUT2D eigenvalue weighted by Gasteiger charge is 1.89. The van der Waals surface area contributed by atoms with Crippen molar-refractivity contribution in [1.29, 1.82) is 0 Å². The standard InChI is InChI=1S/C5H8O/c1-3-5(2)4-6/h2,4-5H,3H2,1H3/t5-/m0/s1. The van der Waals surface area contributed by atoms with Crippen molar-refractivity contribution in [3.63, 3.8) is 0 Å². The van der Waals surface area contributed by atoms with Gasteiger partial charge in [0.15, 0.2) is 0 Å². The van der Waals surface area contributed by atoms with Crippen LogP contribution in [0.2, 0.25) is 0 Å². The van der Waals surface area contributed by atoms with Crippen LogP contribution in [0.15, 0.2) is 0 Å². The summed E-state index contributed by atoms with van der Waals surface area (Å²) in [5.41, 5.74) is 0. The van der Waals surface area contributed by atoms with Gasteiger partial charge in [-0.3, -0.25) is 0 Å². The van der Waals surface area contributed by atoms with E-state index < -0.39 is 0 Å². The van der Waals surface area contributed by atoms with Gasteiger partial charge < -0.3 is 4.79 Å². The van der Waals surface area contributed by atoms with Crippen LogP contribution in [0, 0.1) is 12.8 Å². The lowest BCUT2D eigenvalue weighted by Gasteiger charge is -1.88. The van der Waals surface area contributed by atoms with E-state index >= 15 is 0 Å². The molecule has 2 radical (unpaired) electrons. The summed E-state index contributed by atoms with van der Waals surface area (Å²) in [6, 6.07) is 0. The second kappa shape index (κ2) is 2.88. The molecule has 0 aromatic rings. The predicted octanol–water partition coefficient (Wildman–Crippen LogP) is 0.923. The van der Waals surface area contributed by atoms with Gasteiger partial charge in [-0.25, -0.2) is 0 Å². The highest BCUT2D eigenvalue weighted by atomic mass is 16.1. The number of aldehydes is 1. The lowest BCUT2D eigenvalue weighted by molar-refractivity contribution is -0.110. The van der Waals surface area contributed by atoms with E-state index in [2.05, 4.69) is 0 Å². The Bertz CT molecular complexity index is 41.2. The normalized spacial score (nSPS) is 13.7. The molecule has 1 nitrogen and oxygen atoms in total. The summed E-state index contributed by atoms with van der Waals surface area (Å²) >= 11 is 0. The van der Waals surface area contributed by atoms with E-state index in [0.29, 0.717) is 0 Å². The van der Waals surface area contributed by atoms with Gasteiger partial charge in [-0.15, -0.1) is 0 Å². The Morgan fingerprint density at radius 2 is 2.50 bits per heavy atom. The summed E-state index contributed by atoms with van der Waals surface area (Å²) in [6.45, 7) is 6.98. The average molecular weight is 84.1 g/mol. The van der Waals surface area contributed by atoms with Gasteiger partial charge in [0.05, 0.1) is 0 Å². The van der Waals surface area contributed by atoms with Gasteiger partial charge in [0, 0.05) is 5.92 Å². The van der Waals surface area contributed by atoms with Gasteiger partial charge in [0.2, 0.25) is 0 Å². The SMILES string of the molecule is [CH][C@H](C=O)CC. The lowest BCUT2D eigenvalue weighted by atomic mass is 10.2. The summed E-state index contributed by atoms with van der Waals surface area (Å²) < 4.78 is 0. The first-order valence-corrected chi connectivity index (χ1v) is 2.02. The fourth-order valence-electron chi connectivity index (χ4n) is 0.0962. The third-order valence-electron chi connectivity index (χ3n) is 0.646. The van der Waals surface area contributed by atoms with Crippen molar-refractivity contribution in [3.8, 4) is 0 Å². The Kier molecular flexibility index (Phi) is 2.73. The molecule has 0 aliphatic heterocycles. The smallest absolute Gasteiger partial charge is 0.123 e. The highest BCUT2D eigenvalue weighted by Crippen LogP contribution is 1.91. The van der Waals surface area contributed by atoms with Crippen molar-refractivity contribution in [2.75, 3.05) is 0 Å². The molecular weight excluding hydrogens is 76.1 g/mol. The Balaban J connectivity index is 2.96. The van der Waals surface area contributed by atoms with E-state index in [-0.39, 0.29) is 5.92 Å². The van der Waals surface area contributed by atoms with E-state index in [0.717, 1.165) is 12.7 Å². The van der Waals surface area contributed by atoms with Crippen molar-refractivity contribution >= 4 is 6.29 Å². The zero-order valence-electron chi connectivity index (χ0n) is 3.85. The second-order valence-electron chi connectivity index (χ2n) is 1.21. The molecule has 0 heterocycles. The van der Waals surface area contributed by atoms with Gasteiger partial charge in [0.25, 0.3) is 0 Å². The molecule has 0 aromatic carbocycles. The van der Waals surface area contributed by atoms with Crippen molar-refractivity contribution in [2.45, 2.75) is 13.3 Å². The summed E-state index contributed by atoms with van der Waals surface area (Å²) in [5, 5.41) is 0. The van der Waals surface area contributed by atoms with Crippen molar-refractivity contribution < 1.29 is 4.79 Å². The summed E-state index contributed by atoms with van der Waals surface area (Å²) in [6.07, 6.45) is 1.49. The van der Waals surface area contributed by atoms with Crippen LogP contribution in [0.5, 0.6) is 0 Å². The molecule has 0 aliphatic carbocycles. The van der Waals surface area contributed by atoms with Crippen LogP contribution in [-0.4, -0.2) is 6.29 Å². The molecule has 6 heavy (non-hydrogen) atoms. The molecule has 0 fully saturated rings. The molecule has 0 spiro atoms. The molecular formula is C5H8O. The molecule has 0 saturated carbocycles. The largest absolute Gasteiger partial charge is 0.303 e. The van der Waals surface area contributed by atoms with E-state index in [1.54, 1.807) is 0 Å². The van der Waals surface area contributed by atoms with Crippen molar-refractivity contribution in [1.82, 2.24) is 0 Å². The Labute approximate surface area is 38.4 Å². The topological polar surface area (TPSA) is 17.1 Å². The molecule has 1 heteroatoms. The quantitative estimate of drug-likeness (QED) is 0.455. The van der Waals surface area contributed by atoms with Gasteiger partial charge in [0.1, 0.15) is 6.29 Å². The van der Waals surface area contributed by atoms with Crippen LogP contribution in [0.3, 0.4) is 0 Å². The van der Waals surface area contributed by atoms with E-state index in [1.165, 1.54) is 0 Å². The third kappa shape index (κ3) is 1.94. The van der Waals surface area contributed by atoms with Crippen LogP contribution in [0.25, 0.3) is 0 Å². The minimum absolute atomic E-state index is 0.245. The van der Waals surface area contributed by atoms with E-state index in [4.69, 9.17) is 6.92 Å². The van der Waals surface area contributed by atoms with Crippen molar-refractivity contribution in [2.24, 2.45) is 5.92 Å². The maximum Gasteiger partial charge on any atom is 0.123 e. The Morgan fingerprint density at radius 1 is 2.00 bits per heavy atom. The summed E-state index contributed by atoms with van der Waals surface area (Å²) in [7, 11) is 0. The van der Waals surface area contributed by atoms with Gasteiger partial charge in [-0.1, -0.05) is 6.92 Å². The molecule has 34 valence electrons. The fourth-order valence-corrected chi connectivity index (χ4v) is 0.0962. The van der Waals surface area contributed by atoms with Gasteiger partial charge in [-0.05, 0) is 13.3 Å². The van der Waals surface area contributed by atoms with Gasteiger partial charge >= 0.3 is 0 Å². The molecule has 1 atom stereocenters. The number of hydrogen-bond donors (Lipinski definition) is 0. The first kappa shape index (κ1) is 5.67. The molecule has 0 aromatic heterocycles. The maximum absolute atomic E-state index is 9.61. The molecule has 0 saturated heterocycles. The predicted molar refractivity (Wildman–Crippen MR) is 24.1 cm³/mol. The molecule has 0 unspecified atom stereocenters. The summed E-state index contributed by atoms with van der Waals surface area (Å²) in [4.78, 5) is 9.61. The van der Waals surface area contributed by atoms with E-state index in [1.807, 2.05) is 6.92 Å². The number of rotatable bonds is 2. The van der Waals surface area contributed by atoms with E-state index in [9.17, 15) is 4.79 Å². The minimum Gasteiger partial charge on any atom is -0.303 e. The third-order valence-corrected chi connectivity index (χ3v) is 0.646. The average Bonchev–Trinajstić information content (AvgIpc) is 1.65. The van der Waals surface area contributed by atoms with Crippen LogP contribution >= 0.6 is 0 Å². The molecule has 0 bridgehead atoms. The highest BCUT2D eigenvalue weighted by molar-refractivity contribution is 5.53. The maximum atomic E-state index is 9.61. The number of carbonyl (C=O) groups is 1. The number of hydrogen-bond acceptors (Lipinski definition) is 1. The Hall–Kier alpha value is -0.330. The first-order chi connectivity index (χ1) is 2.81. The van der Waals surface area contributed by atoms with Gasteiger partial charge in [-0.2, -0.15) is 0 Å². The zero-order chi connectivity index (χ0) is 4.99. The van der Waals surface area contributed by atoms with Crippen molar-refractivity contribution in [3.05, 3.63) is 6.92 Å². The second-order valence-corrected chi connectivity index (χ2v) is 1.21. The molecule has 0 N–H and O–H groups in total. The van der Waals surface area contributed by atoms with Crippen LogP contribution in [-0.2, 0) is 4.79 Å². The van der Waals surface area contributed by atoms with Crippen LogP contribution in [0.1, 0.15) is 13.3 Å². The summed E-state index contributed by atoms with van der Waals surface area (Å²) in [5.74, 6) is -0.245. The minimum atomic E-state index is -0.245. The monoisotopic (exact) mass is 84.1 g/mol. The Morgan fingerprint density at radius 3 is 2.50 bits per heavy atom. The first-order valence-electron chi connectivity index (χ1n) is 2.02. The number of carbonyl (C=O) groups excluding carboxylic acids is 1.